The maximum atomic E-state index is 13.3. The highest BCUT2D eigenvalue weighted by Gasteiger charge is 2.34. The Bertz CT molecular complexity index is 1180. The van der Waals surface area contributed by atoms with E-state index in [-0.39, 0.29) is 24.1 Å². The summed E-state index contributed by atoms with van der Waals surface area (Å²) < 4.78 is 5.68. The molecule has 4 aliphatic rings. The molecular weight excluding hydrogens is 468 g/mol. The van der Waals surface area contributed by atoms with Crippen molar-refractivity contribution in [2.75, 3.05) is 6.54 Å². The first-order valence-electron chi connectivity index (χ1n) is 13.3. The van der Waals surface area contributed by atoms with Gasteiger partial charge in [-0.1, -0.05) is 18.2 Å². The number of hydrogen-bond acceptors (Lipinski definition) is 6. The molecule has 0 radical (unpaired) electrons. The normalized spacial score (nSPS) is 25.6. The van der Waals surface area contributed by atoms with Crippen LogP contribution in [0.1, 0.15) is 80.4 Å². The van der Waals surface area contributed by atoms with Gasteiger partial charge in [0, 0.05) is 38.2 Å². The summed E-state index contributed by atoms with van der Waals surface area (Å²) in [4.78, 5) is 33.8. The van der Waals surface area contributed by atoms with Gasteiger partial charge in [-0.3, -0.25) is 20.6 Å². The fourth-order valence-electron chi connectivity index (χ4n) is 5.77. The summed E-state index contributed by atoms with van der Waals surface area (Å²) in [6.07, 6.45) is 14.0. The molecule has 196 valence electrons. The Hall–Kier alpha value is -3.49. The van der Waals surface area contributed by atoms with Crippen molar-refractivity contribution in [1.82, 2.24) is 20.1 Å². The van der Waals surface area contributed by atoms with Crippen LogP contribution in [0, 0.1) is 10.8 Å². The third-order valence-electron chi connectivity index (χ3n) is 7.95. The van der Waals surface area contributed by atoms with Gasteiger partial charge in [-0.25, -0.2) is 4.79 Å². The molecule has 0 spiro atoms. The van der Waals surface area contributed by atoms with Crippen LogP contribution < -0.4 is 5.32 Å². The number of carbonyl (C=O) groups excluding carboxylic acids is 2. The van der Waals surface area contributed by atoms with Gasteiger partial charge < -0.3 is 19.9 Å². The first kappa shape index (κ1) is 25.2. The van der Waals surface area contributed by atoms with Gasteiger partial charge in [0.15, 0.2) is 0 Å². The molecule has 1 saturated carbocycles. The van der Waals surface area contributed by atoms with Crippen molar-refractivity contribution in [3.8, 4) is 0 Å². The quantitative estimate of drug-likeness (QED) is 0.416. The number of pyridine rings is 1. The number of allylic oxidation sites excluding steroid dienone is 2. The maximum Gasteiger partial charge on any atom is 0.410 e. The molecule has 9 nitrogen and oxygen atoms in total. The van der Waals surface area contributed by atoms with Crippen LogP contribution in [0.4, 0.5) is 4.79 Å². The van der Waals surface area contributed by atoms with Crippen LogP contribution in [0.5, 0.6) is 0 Å². The minimum Gasteiger partial charge on any atom is -0.446 e. The molecule has 2 aliphatic carbocycles. The number of nitrogens with zero attached hydrogens (tertiary/aromatic N) is 3. The summed E-state index contributed by atoms with van der Waals surface area (Å²) >= 11 is 0. The van der Waals surface area contributed by atoms with Crippen LogP contribution >= 0.6 is 0 Å². The highest BCUT2D eigenvalue weighted by Crippen LogP contribution is 2.29. The molecule has 0 aromatic carbocycles. The highest BCUT2D eigenvalue weighted by atomic mass is 16.6. The summed E-state index contributed by atoms with van der Waals surface area (Å²) in [7, 11) is 0. The van der Waals surface area contributed by atoms with E-state index in [0.717, 1.165) is 48.8 Å². The molecule has 3 N–H and O–H groups in total. The van der Waals surface area contributed by atoms with Crippen LogP contribution in [0.3, 0.4) is 0 Å². The SMILES string of the molecule is C[C@@H]1CCC(=N)N1C(=N)C1=CC=CC(C)(NC(=O)c2cc3c(cn2)CCN(C(=O)OC2CCCC2)C3)C1. The fourth-order valence-corrected chi connectivity index (χ4v) is 5.77. The van der Waals surface area contributed by atoms with Gasteiger partial charge >= 0.3 is 6.09 Å². The summed E-state index contributed by atoms with van der Waals surface area (Å²) in [6, 6.07) is 1.91. The Labute approximate surface area is 218 Å². The van der Waals surface area contributed by atoms with Crippen LogP contribution in [-0.4, -0.2) is 62.7 Å². The molecule has 2 fully saturated rings. The van der Waals surface area contributed by atoms with Gasteiger partial charge in [-0.15, -0.1) is 0 Å². The topological polar surface area (TPSA) is 122 Å². The monoisotopic (exact) mass is 504 g/mol. The number of likely N-dealkylation sites (tertiary alicyclic amines) is 1. The summed E-state index contributed by atoms with van der Waals surface area (Å²) in [5.41, 5.74) is 2.38. The lowest BCUT2D eigenvalue weighted by Crippen LogP contribution is -2.47. The van der Waals surface area contributed by atoms with E-state index in [4.69, 9.17) is 15.6 Å². The van der Waals surface area contributed by atoms with Crippen molar-refractivity contribution in [2.45, 2.75) is 89.4 Å². The minimum atomic E-state index is -0.687. The second kappa shape index (κ2) is 10.1. The zero-order chi connectivity index (χ0) is 26.2. The lowest BCUT2D eigenvalue weighted by Gasteiger charge is -2.34. The molecule has 3 heterocycles. The minimum absolute atomic E-state index is 0.0247. The Morgan fingerprint density at radius 1 is 1.19 bits per heavy atom. The molecule has 1 aromatic heterocycles. The highest BCUT2D eigenvalue weighted by molar-refractivity contribution is 6.08. The van der Waals surface area contributed by atoms with Crippen molar-refractivity contribution in [3.63, 3.8) is 0 Å². The molecule has 9 heteroatoms. The largest absolute Gasteiger partial charge is 0.446 e. The predicted octanol–water partition coefficient (Wildman–Crippen LogP) is 4.33. The van der Waals surface area contributed by atoms with Crippen LogP contribution in [0.15, 0.2) is 36.1 Å². The van der Waals surface area contributed by atoms with Crippen molar-refractivity contribution >= 4 is 23.7 Å². The second-order valence-electron chi connectivity index (χ2n) is 11.0. The average Bonchev–Trinajstić information content (AvgIpc) is 3.51. The number of amides is 2. The third kappa shape index (κ3) is 5.31. The van der Waals surface area contributed by atoms with Gasteiger partial charge in [0.25, 0.3) is 5.91 Å². The average molecular weight is 505 g/mol. The number of aromatic nitrogens is 1. The molecule has 0 bridgehead atoms. The Morgan fingerprint density at radius 3 is 2.70 bits per heavy atom. The van der Waals surface area contributed by atoms with Gasteiger partial charge in [0.2, 0.25) is 0 Å². The number of nitrogens with one attached hydrogen (secondary N) is 3. The van der Waals surface area contributed by atoms with Crippen molar-refractivity contribution in [3.05, 3.63) is 52.9 Å². The molecule has 2 aliphatic heterocycles. The fraction of sp³-hybridized carbons (Fsp3) is 0.536. The summed E-state index contributed by atoms with van der Waals surface area (Å²) in [5.74, 6) is 0.505. The Morgan fingerprint density at radius 2 is 1.97 bits per heavy atom. The molecule has 1 aromatic rings. The molecule has 5 rings (SSSR count). The first-order valence-corrected chi connectivity index (χ1v) is 13.3. The van der Waals surface area contributed by atoms with E-state index in [1.165, 1.54) is 0 Å². The van der Waals surface area contributed by atoms with E-state index < -0.39 is 5.54 Å². The number of amidine groups is 2. The van der Waals surface area contributed by atoms with E-state index in [1.54, 1.807) is 22.1 Å². The summed E-state index contributed by atoms with van der Waals surface area (Å²) in [6.45, 7) is 4.96. The smallest absolute Gasteiger partial charge is 0.410 e. The van der Waals surface area contributed by atoms with E-state index in [9.17, 15) is 9.59 Å². The van der Waals surface area contributed by atoms with Crippen molar-refractivity contribution < 1.29 is 14.3 Å². The molecule has 1 saturated heterocycles. The number of ether oxygens (including phenoxy) is 1. The van der Waals surface area contributed by atoms with E-state index in [0.29, 0.717) is 49.7 Å². The van der Waals surface area contributed by atoms with Gasteiger partial charge in [0.1, 0.15) is 23.5 Å². The number of carbonyl (C=O) groups is 2. The lowest BCUT2D eigenvalue weighted by atomic mass is 9.87. The predicted molar refractivity (Wildman–Crippen MR) is 141 cm³/mol. The van der Waals surface area contributed by atoms with Gasteiger partial charge in [-0.05, 0) is 75.1 Å². The Kier molecular flexibility index (Phi) is 6.88. The zero-order valence-electron chi connectivity index (χ0n) is 21.7. The second-order valence-corrected chi connectivity index (χ2v) is 11.0. The van der Waals surface area contributed by atoms with Crippen molar-refractivity contribution in [2.24, 2.45) is 0 Å². The first-order chi connectivity index (χ1) is 17.7. The summed E-state index contributed by atoms with van der Waals surface area (Å²) in [5, 5.41) is 20.0. The van der Waals surface area contributed by atoms with E-state index >= 15 is 0 Å². The lowest BCUT2D eigenvalue weighted by molar-refractivity contribution is 0.0618. The molecule has 1 unspecified atom stereocenters. The van der Waals surface area contributed by atoms with Crippen LogP contribution in [0.25, 0.3) is 0 Å². The third-order valence-corrected chi connectivity index (χ3v) is 7.95. The van der Waals surface area contributed by atoms with Gasteiger partial charge in [-0.2, -0.15) is 0 Å². The van der Waals surface area contributed by atoms with E-state index in [2.05, 4.69) is 10.3 Å². The Balaban J connectivity index is 1.23. The number of fused-ring (bicyclic) bond motifs is 1. The molecular formula is C28H36N6O3. The van der Waals surface area contributed by atoms with Crippen LogP contribution in [0.2, 0.25) is 0 Å². The molecule has 2 amide bonds. The number of rotatable bonds is 4. The standard InChI is InChI=1S/C28H36N6O3/c1-18-9-10-24(29)34(18)25(30)19-6-5-12-28(2,15-19)32-26(35)23-14-21-17-33(13-11-20(21)16-31-23)27(36)37-22-7-3-4-8-22/h5-6,12,14,16,18,22,29-30H,3-4,7-11,13,15,17H2,1-2H3,(H,32,35)/t18-,28?/m1/s1. The zero-order valence-corrected chi connectivity index (χ0v) is 21.7. The number of hydrogen-bond donors (Lipinski definition) is 3. The maximum absolute atomic E-state index is 13.3. The van der Waals surface area contributed by atoms with Gasteiger partial charge in [0.05, 0.1) is 5.54 Å². The molecule has 2 atom stereocenters. The van der Waals surface area contributed by atoms with Crippen LogP contribution in [-0.2, 0) is 17.7 Å². The van der Waals surface area contributed by atoms with Crippen molar-refractivity contribution in [1.29, 1.82) is 10.8 Å². The molecule has 37 heavy (non-hydrogen) atoms. The van der Waals surface area contributed by atoms with E-state index in [1.807, 2.05) is 32.1 Å².